The minimum absolute atomic E-state index is 0.0590. The summed E-state index contributed by atoms with van der Waals surface area (Å²) in [4.78, 5) is 14.5. The third-order valence-electron chi connectivity index (χ3n) is 3.84. The monoisotopic (exact) mass is 297 g/mol. The third-order valence-corrected chi connectivity index (χ3v) is 3.84. The van der Waals surface area contributed by atoms with Gasteiger partial charge in [-0.3, -0.25) is 9.48 Å². The molecular formula is C15H24FN3O2. The van der Waals surface area contributed by atoms with Gasteiger partial charge >= 0.3 is 0 Å². The van der Waals surface area contributed by atoms with Crippen molar-refractivity contribution in [3.63, 3.8) is 0 Å². The summed E-state index contributed by atoms with van der Waals surface area (Å²) in [6.45, 7) is 7.52. The summed E-state index contributed by atoms with van der Waals surface area (Å²) in [6, 6.07) is 0. The maximum Gasteiger partial charge on any atom is 0.257 e. The van der Waals surface area contributed by atoms with E-state index < -0.39 is 12.8 Å². The number of carbonyl (C=O) groups is 1. The van der Waals surface area contributed by atoms with Crippen molar-refractivity contribution >= 4 is 5.91 Å². The van der Waals surface area contributed by atoms with Gasteiger partial charge < -0.3 is 9.64 Å². The quantitative estimate of drug-likeness (QED) is 0.855. The number of aromatic nitrogens is 2. The summed E-state index contributed by atoms with van der Waals surface area (Å²) in [6.07, 6.45) is 1.20. The van der Waals surface area contributed by atoms with Crippen molar-refractivity contribution in [2.24, 2.45) is 0 Å². The minimum atomic E-state index is -0.559. The Balaban J connectivity index is 2.22. The molecule has 1 fully saturated rings. The Kier molecular flexibility index (Phi) is 5.33. The number of amides is 1. The SMILES string of the molecule is CCCn1nc(C)c(C(=O)N2CCCOC(CF)C2)c1C. The van der Waals surface area contributed by atoms with E-state index in [1.807, 2.05) is 18.5 Å². The standard InChI is InChI=1S/C15H24FN3O2/c1-4-6-19-12(3)14(11(2)17-19)15(20)18-7-5-8-21-13(9-16)10-18/h13H,4-10H2,1-3H3. The first-order valence-electron chi connectivity index (χ1n) is 7.59. The predicted octanol–water partition coefficient (Wildman–Crippen LogP) is 2.11. The Labute approximate surface area is 125 Å². The molecule has 21 heavy (non-hydrogen) atoms. The molecule has 0 radical (unpaired) electrons. The first-order valence-corrected chi connectivity index (χ1v) is 7.59. The molecule has 0 aliphatic carbocycles. The molecule has 1 aromatic rings. The summed E-state index contributed by atoms with van der Waals surface area (Å²) >= 11 is 0. The van der Waals surface area contributed by atoms with Crippen LogP contribution in [-0.2, 0) is 11.3 Å². The molecule has 0 saturated carbocycles. The van der Waals surface area contributed by atoms with Crippen LogP contribution >= 0.6 is 0 Å². The number of halogens is 1. The Morgan fingerprint density at radius 2 is 2.24 bits per heavy atom. The van der Waals surface area contributed by atoms with Crippen molar-refractivity contribution in [1.29, 1.82) is 0 Å². The van der Waals surface area contributed by atoms with Gasteiger partial charge in [0, 0.05) is 31.9 Å². The first kappa shape index (κ1) is 15.9. The van der Waals surface area contributed by atoms with Gasteiger partial charge in [-0.15, -0.1) is 0 Å². The van der Waals surface area contributed by atoms with E-state index in [1.54, 1.807) is 4.90 Å². The summed E-state index contributed by atoms with van der Waals surface area (Å²) in [5, 5.41) is 4.44. The number of ether oxygens (including phenoxy) is 1. The predicted molar refractivity (Wildman–Crippen MR) is 78.2 cm³/mol. The molecule has 5 nitrogen and oxygen atoms in total. The molecule has 1 aliphatic rings. The normalized spacial score (nSPS) is 19.6. The average Bonchev–Trinajstić information content (AvgIpc) is 2.67. The van der Waals surface area contributed by atoms with Gasteiger partial charge in [-0.1, -0.05) is 6.92 Å². The first-order chi connectivity index (χ1) is 10.1. The summed E-state index contributed by atoms with van der Waals surface area (Å²) < 4.78 is 20.1. The summed E-state index contributed by atoms with van der Waals surface area (Å²) in [5.74, 6) is -0.0590. The van der Waals surface area contributed by atoms with Crippen LogP contribution in [0.15, 0.2) is 0 Å². The van der Waals surface area contributed by atoms with Crippen molar-refractivity contribution in [3.8, 4) is 0 Å². The van der Waals surface area contributed by atoms with Gasteiger partial charge in [-0.2, -0.15) is 5.10 Å². The molecule has 1 aliphatic heterocycles. The topological polar surface area (TPSA) is 47.4 Å². The van der Waals surface area contributed by atoms with Crippen LogP contribution in [0.2, 0.25) is 0 Å². The van der Waals surface area contributed by atoms with E-state index in [-0.39, 0.29) is 5.91 Å². The highest BCUT2D eigenvalue weighted by molar-refractivity contribution is 5.96. The lowest BCUT2D eigenvalue weighted by Gasteiger charge is -2.22. The smallest absolute Gasteiger partial charge is 0.257 e. The molecule has 118 valence electrons. The Bertz CT molecular complexity index is 501. The van der Waals surface area contributed by atoms with Gasteiger partial charge in [-0.05, 0) is 26.7 Å². The number of alkyl halides is 1. The van der Waals surface area contributed by atoms with Crippen LogP contribution in [-0.4, -0.2) is 53.1 Å². The Morgan fingerprint density at radius 3 is 2.90 bits per heavy atom. The van der Waals surface area contributed by atoms with Crippen LogP contribution in [0.25, 0.3) is 0 Å². The minimum Gasteiger partial charge on any atom is -0.374 e. The van der Waals surface area contributed by atoms with E-state index in [2.05, 4.69) is 12.0 Å². The Hall–Kier alpha value is -1.43. The van der Waals surface area contributed by atoms with Crippen molar-refractivity contribution < 1.29 is 13.9 Å². The second kappa shape index (κ2) is 7.02. The number of carbonyl (C=O) groups excluding carboxylic acids is 1. The van der Waals surface area contributed by atoms with Crippen molar-refractivity contribution in [1.82, 2.24) is 14.7 Å². The lowest BCUT2D eigenvalue weighted by molar-refractivity contribution is 0.0342. The van der Waals surface area contributed by atoms with E-state index in [1.165, 1.54) is 0 Å². The summed E-state index contributed by atoms with van der Waals surface area (Å²) in [7, 11) is 0. The maximum atomic E-state index is 12.9. The number of nitrogens with zero attached hydrogens (tertiary/aromatic N) is 3. The van der Waals surface area contributed by atoms with Gasteiger partial charge in [0.15, 0.2) is 0 Å². The molecule has 1 saturated heterocycles. The van der Waals surface area contributed by atoms with E-state index >= 15 is 0 Å². The van der Waals surface area contributed by atoms with E-state index in [0.717, 1.165) is 30.8 Å². The zero-order valence-corrected chi connectivity index (χ0v) is 13.1. The van der Waals surface area contributed by atoms with Crippen molar-refractivity contribution in [2.45, 2.75) is 46.3 Å². The molecule has 6 heteroatoms. The number of hydrogen-bond donors (Lipinski definition) is 0. The van der Waals surface area contributed by atoms with E-state index in [9.17, 15) is 9.18 Å². The zero-order valence-electron chi connectivity index (χ0n) is 13.1. The van der Waals surface area contributed by atoms with E-state index in [0.29, 0.717) is 25.3 Å². The highest BCUT2D eigenvalue weighted by atomic mass is 19.1. The second-order valence-electron chi connectivity index (χ2n) is 5.52. The van der Waals surface area contributed by atoms with Gasteiger partial charge in [0.2, 0.25) is 0 Å². The molecule has 1 unspecified atom stereocenters. The van der Waals surface area contributed by atoms with Gasteiger partial charge in [-0.25, -0.2) is 4.39 Å². The second-order valence-corrected chi connectivity index (χ2v) is 5.52. The van der Waals surface area contributed by atoms with Crippen LogP contribution in [0.3, 0.4) is 0 Å². The van der Waals surface area contributed by atoms with Crippen LogP contribution in [0.1, 0.15) is 41.5 Å². The highest BCUT2D eigenvalue weighted by Gasteiger charge is 2.27. The molecule has 2 rings (SSSR count). The molecule has 0 aromatic carbocycles. The molecule has 0 bridgehead atoms. The van der Waals surface area contributed by atoms with Crippen LogP contribution in [0, 0.1) is 13.8 Å². The van der Waals surface area contributed by atoms with Crippen molar-refractivity contribution in [3.05, 3.63) is 17.0 Å². The molecule has 1 aromatic heterocycles. The summed E-state index contributed by atoms with van der Waals surface area (Å²) in [5.41, 5.74) is 2.29. The highest BCUT2D eigenvalue weighted by Crippen LogP contribution is 2.18. The molecular weight excluding hydrogens is 273 g/mol. The fourth-order valence-electron chi connectivity index (χ4n) is 2.77. The number of rotatable bonds is 4. The fourth-order valence-corrected chi connectivity index (χ4v) is 2.77. The lowest BCUT2D eigenvalue weighted by atomic mass is 10.1. The molecule has 1 atom stereocenters. The van der Waals surface area contributed by atoms with E-state index in [4.69, 9.17) is 4.74 Å². The maximum absolute atomic E-state index is 12.9. The molecule has 0 N–H and O–H groups in total. The van der Waals surface area contributed by atoms with Crippen molar-refractivity contribution in [2.75, 3.05) is 26.4 Å². The fraction of sp³-hybridized carbons (Fsp3) is 0.733. The van der Waals surface area contributed by atoms with Gasteiger partial charge in [0.1, 0.15) is 12.8 Å². The zero-order chi connectivity index (χ0) is 15.4. The molecule has 1 amide bonds. The number of hydrogen-bond acceptors (Lipinski definition) is 3. The van der Waals surface area contributed by atoms with Gasteiger partial charge in [0.25, 0.3) is 5.91 Å². The average molecular weight is 297 g/mol. The largest absolute Gasteiger partial charge is 0.374 e. The third kappa shape index (κ3) is 3.43. The molecule has 0 spiro atoms. The van der Waals surface area contributed by atoms with Gasteiger partial charge in [0.05, 0.1) is 11.3 Å². The Morgan fingerprint density at radius 1 is 1.48 bits per heavy atom. The lowest BCUT2D eigenvalue weighted by Crippen LogP contribution is -2.38. The number of aryl methyl sites for hydroxylation is 2. The van der Waals surface area contributed by atoms with Crippen LogP contribution in [0.5, 0.6) is 0 Å². The molecule has 2 heterocycles. The van der Waals surface area contributed by atoms with Crippen LogP contribution < -0.4 is 0 Å². The van der Waals surface area contributed by atoms with Crippen LogP contribution in [0.4, 0.5) is 4.39 Å².